The zero-order chi connectivity index (χ0) is 16.0. The predicted octanol–water partition coefficient (Wildman–Crippen LogP) is 3.19. The number of carbonyl (C=O) groups is 1. The third kappa shape index (κ3) is 3.93. The van der Waals surface area contributed by atoms with Crippen LogP contribution in [0.3, 0.4) is 0 Å². The van der Waals surface area contributed by atoms with Crippen LogP contribution in [0.4, 0.5) is 11.4 Å². The summed E-state index contributed by atoms with van der Waals surface area (Å²) >= 11 is 0. The first kappa shape index (κ1) is 16.9. The number of carbonyl (C=O) groups excluding carboxylic acids is 1. The van der Waals surface area contributed by atoms with Crippen molar-refractivity contribution in [2.75, 3.05) is 12.4 Å². The molecule has 0 saturated heterocycles. The average molecular weight is 293 g/mol. The second-order valence-corrected chi connectivity index (χ2v) is 5.05. The highest BCUT2D eigenvalue weighted by Crippen LogP contribution is 2.28. The summed E-state index contributed by atoms with van der Waals surface area (Å²) in [5.41, 5.74) is 0.446. The van der Waals surface area contributed by atoms with Crippen molar-refractivity contribution < 1.29 is 9.72 Å². The molecule has 6 nitrogen and oxygen atoms in total. The number of benzene rings is 1. The Morgan fingerprint density at radius 3 is 2.43 bits per heavy atom. The van der Waals surface area contributed by atoms with Crippen LogP contribution < -0.4 is 10.6 Å². The number of anilines is 1. The van der Waals surface area contributed by atoms with E-state index >= 15 is 0 Å². The standard InChI is InChI=1S/C15H23N3O3/c1-5-11(6-2)10(3)17-15(19)12-8-7-9-13(18(20)21)14(12)16-4/h7-11,16H,5-6H2,1-4H3,(H,17,19). The highest BCUT2D eigenvalue weighted by atomic mass is 16.6. The first-order valence-corrected chi connectivity index (χ1v) is 7.22. The van der Waals surface area contributed by atoms with Gasteiger partial charge in [-0.25, -0.2) is 0 Å². The van der Waals surface area contributed by atoms with Gasteiger partial charge < -0.3 is 10.6 Å². The number of nitro benzene ring substituents is 1. The summed E-state index contributed by atoms with van der Waals surface area (Å²) in [7, 11) is 1.57. The minimum absolute atomic E-state index is 0.0245. The number of nitro groups is 1. The van der Waals surface area contributed by atoms with Gasteiger partial charge in [0.15, 0.2) is 0 Å². The Labute approximate surface area is 125 Å². The van der Waals surface area contributed by atoms with E-state index in [0.29, 0.717) is 11.5 Å². The van der Waals surface area contributed by atoms with E-state index in [4.69, 9.17) is 0 Å². The van der Waals surface area contributed by atoms with Gasteiger partial charge in [0.2, 0.25) is 0 Å². The van der Waals surface area contributed by atoms with Gasteiger partial charge in [0.25, 0.3) is 11.6 Å². The van der Waals surface area contributed by atoms with Crippen LogP contribution in [0.1, 0.15) is 44.0 Å². The molecule has 1 rings (SSSR count). The maximum atomic E-state index is 12.4. The molecule has 2 N–H and O–H groups in total. The molecule has 21 heavy (non-hydrogen) atoms. The van der Waals surface area contributed by atoms with E-state index in [1.54, 1.807) is 13.1 Å². The van der Waals surface area contributed by atoms with E-state index < -0.39 is 4.92 Å². The normalized spacial score (nSPS) is 12.0. The lowest BCUT2D eigenvalue weighted by Crippen LogP contribution is -2.38. The first-order valence-electron chi connectivity index (χ1n) is 7.22. The Balaban J connectivity index is 3.02. The van der Waals surface area contributed by atoms with Crippen molar-refractivity contribution in [1.29, 1.82) is 0 Å². The van der Waals surface area contributed by atoms with Gasteiger partial charge in [-0.05, 0) is 18.9 Å². The fraction of sp³-hybridized carbons (Fsp3) is 0.533. The molecule has 116 valence electrons. The molecule has 0 fully saturated rings. The number of rotatable bonds is 7. The molecule has 1 amide bonds. The van der Waals surface area contributed by atoms with Crippen molar-refractivity contribution in [2.24, 2.45) is 5.92 Å². The largest absolute Gasteiger partial charge is 0.382 e. The molecule has 0 spiro atoms. The van der Waals surface area contributed by atoms with Crippen molar-refractivity contribution in [3.63, 3.8) is 0 Å². The van der Waals surface area contributed by atoms with Crippen molar-refractivity contribution in [1.82, 2.24) is 5.32 Å². The average Bonchev–Trinajstić information content (AvgIpc) is 2.47. The summed E-state index contributed by atoms with van der Waals surface area (Å²) in [4.78, 5) is 22.9. The summed E-state index contributed by atoms with van der Waals surface area (Å²) in [5, 5.41) is 16.7. The SMILES string of the molecule is CCC(CC)C(C)NC(=O)c1cccc([N+](=O)[O-])c1NC. The predicted molar refractivity (Wildman–Crippen MR) is 83.6 cm³/mol. The number of para-hydroxylation sites is 1. The van der Waals surface area contributed by atoms with Crippen LogP contribution in [0.15, 0.2) is 18.2 Å². The third-order valence-corrected chi connectivity index (χ3v) is 3.85. The van der Waals surface area contributed by atoms with E-state index in [-0.39, 0.29) is 23.3 Å². The number of hydrogen-bond acceptors (Lipinski definition) is 4. The zero-order valence-electron chi connectivity index (χ0n) is 13.0. The number of nitrogens with zero attached hydrogens (tertiary/aromatic N) is 1. The minimum Gasteiger partial charge on any atom is -0.382 e. The van der Waals surface area contributed by atoms with Crippen LogP contribution in [-0.4, -0.2) is 23.9 Å². The molecule has 1 aromatic carbocycles. The quantitative estimate of drug-likeness (QED) is 0.597. The molecule has 0 aromatic heterocycles. The third-order valence-electron chi connectivity index (χ3n) is 3.85. The van der Waals surface area contributed by atoms with E-state index in [1.165, 1.54) is 12.1 Å². The monoisotopic (exact) mass is 293 g/mol. The van der Waals surface area contributed by atoms with Gasteiger partial charge in [-0.1, -0.05) is 32.8 Å². The Kier molecular flexibility index (Phi) is 6.14. The van der Waals surface area contributed by atoms with E-state index in [2.05, 4.69) is 24.5 Å². The molecular weight excluding hydrogens is 270 g/mol. The molecule has 1 unspecified atom stereocenters. The van der Waals surface area contributed by atoms with Crippen molar-refractivity contribution in [3.05, 3.63) is 33.9 Å². The molecule has 0 aliphatic rings. The van der Waals surface area contributed by atoms with Gasteiger partial charge in [-0.3, -0.25) is 14.9 Å². The summed E-state index contributed by atoms with van der Waals surface area (Å²) < 4.78 is 0. The Morgan fingerprint density at radius 2 is 1.95 bits per heavy atom. The molecule has 1 aromatic rings. The zero-order valence-corrected chi connectivity index (χ0v) is 13.0. The molecule has 0 aliphatic carbocycles. The minimum atomic E-state index is -0.493. The van der Waals surface area contributed by atoms with Crippen molar-refractivity contribution >= 4 is 17.3 Å². The summed E-state index contributed by atoms with van der Waals surface area (Å²) in [6.07, 6.45) is 1.96. The van der Waals surface area contributed by atoms with Crippen LogP contribution in [0, 0.1) is 16.0 Å². The molecule has 1 atom stereocenters. The van der Waals surface area contributed by atoms with Gasteiger partial charge in [-0.15, -0.1) is 0 Å². The molecule has 0 radical (unpaired) electrons. The molecule has 0 heterocycles. The molecular formula is C15H23N3O3. The van der Waals surface area contributed by atoms with Crippen LogP contribution >= 0.6 is 0 Å². The highest BCUT2D eigenvalue weighted by Gasteiger charge is 2.23. The summed E-state index contributed by atoms with van der Waals surface area (Å²) in [6, 6.07) is 4.52. The Morgan fingerprint density at radius 1 is 1.33 bits per heavy atom. The molecule has 6 heteroatoms. The smallest absolute Gasteiger partial charge is 0.293 e. The van der Waals surface area contributed by atoms with Crippen LogP contribution in [0.25, 0.3) is 0 Å². The lowest BCUT2D eigenvalue weighted by atomic mass is 9.95. The second-order valence-electron chi connectivity index (χ2n) is 5.05. The first-order chi connectivity index (χ1) is 9.96. The van der Waals surface area contributed by atoms with Crippen LogP contribution in [0.2, 0.25) is 0 Å². The maximum absolute atomic E-state index is 12.4. The lowest BCUT2D eigenvalue weighted by molar-refractivity contribution is -0.384. The van der Waals surface area contributed by atoms with Crippen molar-refractivity contribution in [3.8, 4) is 0 Å². The van der Waals surface area contributed by atoms with E-state index in [0.717, 1.165) is 12.8 Å². The van der Waals surface area contributed by atoms with Crippen LogP contribution in [0.5, 0.6) is 0 Å². The van der Waals surface area contributed by atoms with Gasteiger partial charge in [0.1, 0.15) is 5.69 Å². The molecule has 0 aliphatic heterocycles. The van der Waals surface area contributed by atoms with Gasteiger partial charge in [-0.2, -0.15) is 0 Å². The fourth-order valence-electron chi connectivity index (χ4n) is 2.54. The number of hydrogen-bond donors (Lipinski definition) is 2. The fourth-order valence-corrected chi connectivity index (χ4v) is 2.54. The summed E-state index contributed by atoms with van der Waals surface area (Å²) in [6.45, 7) is 6.14. The van der Waals surface area contributed by atoms with E-state index in [1.807, 2.05) is 6.92 Å². The van der Waals surface area contributed by atoms with Gasteiger partial charge in [0, 0.05) is 19.2 Å². The van der Waals surface area contributed by atoms with Gasteiger partial charge >= 0.3 is 0 Å². The molecule has 0 bridgehead atoms. The summed E-state index contributed by atoms with van der Waals surface area (Å²) in [5.74, 6) is 0.105. The lowest BCUT2D eigenvalue weighted by Gasteiger charge is -2.23. The second kappa shape index (κ2) is 7.61. The molecule has 0 saturated carbocycles. The maximum Gasteiger partial charge on any atom is 0.293 e. The Bertz CT molecular complexity index is 513. The number of nitrogens with one attached hydrogen (secondary N) is 2. The van der Waals surface area contributed by atoms with E-state index in [9.17, 15) is 14.9 Å². The number of amides is 1. The Hall–Kier alpha value is -2.11. The topological polar surface area (TPSA) is 84.3 Å². The van der Waals surface area contributed by atoms with Crippen molar-refractivity contribution in [2.45, 2.75) is 39.7 Å². The van der Waals surface area contributed by atoms with Gasteiger partial charge in [0.05, 0.1) is 10.5 Å². The highest BCUT2D eigenvalue weighted by molar-refractivity contribution is 6.01. The van der Waals surface area contributed by atoms with Crippen LogP contribution in [-0.2, 0) is 0 Å².